The van der Waals surface area contributed by atoms with E-state index >= 15 is 0 Å². The molecule has 2 aromatic carbocycles. The van der Waals surface area contributed by atoms with E-state index in [9.17, 15) is 13.2 Å². The summed E-state index contributed by atoms with van der Waals surface area (Å²) in [6.45, 7) is 0.538. The van der Waals surface area contributed by atoms with E-state index in [0.717, 1.165) is 10.4 Å². The molecule has 1 amide bonds. The quantitative estimate of drug-likeness (QED) is 0.610. The number of hydrogen-bond acceptors (Lipinski definition) is 4. The Hall–Kier alpha value is -2.19. The Balaban J connectivity index is 1.66. The Labute approximate surface area is 167 Å². The molecule has 0 saturated carbocycles. The minimum absolute atomic E-state index is 0.0539. The van der Waals surface area contributed by atoms with Crippen LogP contribution in [0.25, 0.3) is 0 Å². The topological polar surface area (TPSA) is 75.3 Å². The molecular formula is C19H17ClN2O3S2. The van der Waals surface area contributed by atoms with Gasteiger partial charge in [-0.3, -0.25) is 4.79 Å². The molecule has 0 aliphatic carbocycles. The Morgan fingerprint density at radius 1 is 1.00 bits per heavy atom. The highest BCUT2D eigenvalue weighted by molar-refractivity contribution is 7.89. The number of halogens is 1. The zero-order chi connectivity index (χ0) is 19.3. The maximum Gasteiger partial charge on any atom is 0.251 e. The van der Waals surface area contributed by atoms with Crippen molar-refractivity contribution >= 4 is 38.9 Å². The average Bonchev–Trinajstić information content (AvgIpc) is 3.20. The molecule has 3 aromatic rings. The first kappa shape index (κ1) is 19.6. The summed E-state index contributed by atoms with van der Waals surface area (Å²) in [5, 5.41) is 5.28. The van der Waals surface area contributed by atoms with Crippen LogP contribution in [0.4, 0.5) is 0 Å². The second kappa shape index (κ2) is 8.67. The molecule has 1 aromatic heterocycles. The van der Waals surface area contributed by atoms with Crippen molar-refractivity contribution in [2.75, 3.05) is 0 Å². The van der Waals surface area contributed by atoms with E-state index in [1.54, 1.807) is 24.3 Å². The molecule has 0 bridgehead atoms. The minimum atomic E-state index is -3.70. The van der Waals surface area contributed by atoms with Crippen molar-refractivity contribution in [3.63, 3.8) is 0 Å². The Kier molecular flexibility index (Phi) is 6.28. The van der Waals surface area contributed by atoms with Crippen molar-refractivity contribution in [3.8, 4) is 0 Å². The van der Waals surface area contributed by atoms with Gasteiger partial charge < -0.3 is 5.32 Å². The second-order valence-electron chi connectivity index (χ2n) is 5.74. The van der Waals surface area contributed by atoms with Gasteiger partial charge in [-0.15, -0.1) is 11.3 Å². The number of benzene rings is 2. The molecule has 0 spiro atoms. The summed E-state index contributed by atoms with van der Waals surface area (Å²) in [7, 11) is -3.70. The third kappa shape index (κ3) is 5.40. The van der Waals surface area contributed by atoms with Crippen LogP contribution < -0.4 is 10.0 Å². The zero-order valence-corrected chi connectivity index (χ0v) is 16.6. The normalized spacial score (nSPS) is 11.3. The van der Waals surface area contributed by atoms with Crippen LogP contribution in [0.5, 0.6) is 0 Å². The van der Waals surface area contributed by atoms with Crippen molar-refractivity contribution < 1.29 is 13.2 Å². The molecule has 0 fully saturated rings. The molecular weight excluding hydrogens is 404 g/mol. The number of amides is 1. The molecule has 0 unspecified atom stereocenters. The van der Waals surface area contributed by atoms with Gasteiger partial charge in [0.2, 0.25) is 10.0 Å². The molecule has 0 aliphatic heterocycles. The number of nitrogens with one attached hydrogen (secondary N) is 2. The predicted molar refractivity (Wildman–Crippen MR) is 107 cm³/mol. The van der Waals surface area contributed by atoms with E-state index in [-0.39, 0.29) is 22.9 Å². The predicted octanol–water partition coefficient (Wildman–Crippen LogP) is 3.81. The lowest BCUT2D eigenvalue weighted by molar-refractivity contribution is 0.0950. The third-order valence-corrected chi connectivity index (χ3v) is 6.32. The van der Waals surface area contributed by atoms with Crippen molar-refractivity contribution in [1.29, 1.82) is 0 Å². The Morgan fingerprint density at radius 2 is 1.78 bits per heavy atom. The van der Waals surface area contributed by atoms with Gasteiger partial charge >= 0.3 is 0 Å². The van der Waals surface area contributed by atoms with Gasteiger partial charge in [0.1, 0.15) is 0 Å². The lowest BCUT2D eigenvalue weighted by Gasteiger charge is -2.09. The molecule has 0 aliphatic rings. The summed E-state index contributed by atoms with van der Waals surface area (Å²) in [5.74, 6) is -0.347. The SMILES string of the molecule is O=C(NCc1ccc(Cl)cc1)c1cccc(S(=O)(=O)NCc2cccs2)c1. The van der Waals surface area contributed by atoms with E-state index in [1.807, 2.05) is 29.6 Å². The Morgan fingerprint density at radius 3 is 2.48 bits per heavy atom. The molecule has 2 N–H and O–H groups in total. The molecule has 5 nitrogen and oxygen atoms in total. The lowest BCUT2D eigenvalue weighted by atomic mass is 10.2. The fourth-order valence-electron chi connectivity index (χ4n) is 2.35. The summed E-state index contributed by atoms with van der Waals surface area (Å²) in [5.41, 5.74) is 1.18. The third-order valence-electron chi connectivity index (χ3n) is 3.79. The summed E-state index contributed by atoms with van der Waals surface area (Å²) in [4.78, 5) is 13.3. The van der Waals surface area contributed by atoms with Gasteiger partial charge in [-0.1, -0.05) is 35.9 Å². The lowest BCUT2D eigenvalue weighted by Crippen LogP contribution is -2.25. The largest absolute Gasteiger partial charge is 0.348 e. The highest BCUT2D eigenvalue weighted by atomic mass is 35.5. The van der Waals surface area contributed by atoms with E-state index in [1.165, 1.54) is 23.5 Å². The second-order valence-corrected chi connectivity index (χ2v) is 8.98. The van der Waals surface area contributed by atoms with Gasteiger partial charge in [0, 0.05) is 28.6 Å². The monoisotopic (exact) mass is 420 g/mol. The number of rotatable bonds is 7. The van der Waals surface area contributed by atoms with Crippen LogP contribution in [0.3, 0.4) is 0 Å². The van der Waals surface area contributed by atoms with Crippen molar-refractivity contribution in [2.45, 2.75) is 18.0 Å². The molecule has 8 heteroatoms. The van der Waals surface area contributed by atoms with Crippen LogP contribution in [0.1, 0.15) is 20.8 Å². The number of thiophene rings is 1. The van der Waals surface area contributed by atoms with Gasteiger partial charge in [0.25, 0.3) is 5.91 Å². The molecule has 0 saturated heterocycles. The smallest absolute Gasteiger partial charge is 0.251 e. The summed E-state index contributed by atoms with van der Waals surface area (Å²) in [6, 6.07) is 16.8. The highest BCUT2D eigenvalue weighted by Crippen LogP contribution is 2.14. The van der Waals surface area contributed by atoms with Gasteiger partial charge in [0.05, 0.1) is 4.90 Å². The van der Waals surface area contributed by atoms with Crippen LogP contribution in [0, 0.1) is 0 Å². The molecule has 1 heterocycles. The van der Waals surface area contributed by atoms with Crippen LogP contribution in [-0.4, -0.2) is 14.3 Å². The van der Waals surface area contributed by atoms with Gasteiger partial charge in [-0.25, -0.2) is 13.1 Å². The number of sulfonamides is 1. The molecule has 140 valence electrons. The first-order valence-corrected chi connectivity index (χ1v) is 10.8. The first-order valence-electron chi connectivity index (χ1n) is 8.09. The maximum absolute atomic E-state index is 12.5. The number of hydrogen-bond donors (Lipinski definition) is 2. The van der Waals surface area contributed by atoms with Crippen LogP contribution in [0.15, 0.2) is 70.9 Å². The maximum atomic E-state index is 12.5. The molecule has 0 atom stereocenters. The van der Waals surface area contributed by atoms with Crippen LogP contribution in [0.2, 0.25) is 5.02 Å². The zero-order valence-electron chi connectivity index (χ0n) is 14.2. The molecule has 0 radical (unpaired) electrons. The minimum Gasteiger partial charge on any atom is -0.348 e. The average molecular weight is 421 g/mol. The van der Waals surface area contributed by atoms with Crippen molar-refractivity contribution in [3.05, 3.63) is 87.1 Å². The summed E-state index contributed by atoms with van der Waals surface area (Å²) >= 11 is 7.31. The highest BCUT2D eigenvalue weighted by Gasteiger charge is 2.16. The first-order chi connectivity index (χ1) is 12.9. The van der Waals surface area contributed by atoms with Gasteiger partial charge in [-0.05, 0) is 47.3 Å². The number of carbonyl (C=O) groups excluding carboxylic acids is 1. The van der Waals surface area contributed by atoms with Gasteiger partial charge in [0.15, 0.2) is 0 Å². The standard InChI is InChI=1S/C19H17ClN2O3S2/c20-16-8-6-14(7-9-16)12-21-19(23)15-3-1-5-18(11-15)27(24,25)22-13-17-4-2-10-26-17/h1-11,22H,12-13H2,(H,21,23). The van der Waals surface area contributed by atoms with Crippen LogP contribution in [-0.2, 0) is 23.1 Å². The fraction of sp³-hybridized carbons (Fsp3) is 0.105. The van der Waals surface area contributed by atoms with Crippen LogP contribution >= 0.6 is 22.9 Å². The van der Waals surface area contributed by atoms with Crippen molar-refractivity contribution in [2.24, 2.45) is 0 Å². The van der Waals surface area contributed by atoms with Gasteiger partial charge in [-0.2, -0.15) is 0 Å². The van der Waals surface area contributed by atoms with E-state index in [2.05, 4.69) is 10.0 Å². The fourth-order valence-corrected chi connectivity index (χ4v) is 4.27. The van der Waals surface area contributed by atoms with Crippen molar-refractivity contribution in [1.82, 2.24) is 10.0 Å². The molecule has 27 heavy (non-hydrogen) atoms. The van der Waals surface area contributed by atoms with E-state index in [0.29, 0.717) is 11.6 Å². The summed E-state index contributed by atoms with van der Waals surface area (Å²) in [6.07, 6.45) is 0. The number of carbonyl (C=O) groups is 1. The summed E-state index contributed by atoms with van der Waals surface area (Å²) < 4.78 is 27.5. The Bertz CT molecular complexity index is 1020. The van der Waals surface area contributed by atoms with E-state index in [4.69, 9.17) is 11.6 Å². The van der Waals surface area contributed by atoms with E-state index < -0.39 is 10.0 Å². The molecule has 3 rings (SSSR count).